The van der Waals surface area contributed by atoms with E-state index in [0.29, 0.717) is 5.56 Å². The van der Waals surface area contributed by atoms with Gasteiger partial charge >= 0.3 is 0 Å². The number of phenolic OH excluding ortho intramolecular Hbond substituents is 1. The van der Waals surface area contributed by atoms with Crippen LogP contribution in [0.15, 0.2) is 53.0 Å². The summed E-state index contributed by atoms with van der Waals surface area (Å²) in [6.45, 7) is 3.94. The van der Waals surface area contributed by atoms with E-state index >= 15 is 0 Å². The number of amides is 1. The van der Waals surface area contributed by atoms with E-state index in [9.17, 15) is 34.8 Å². The van der Waals surface area contributed by atoms with Crippen molar-refractivity contribution in [3.8, 4) is 16.9 Å². The van der Waals surface area contributed by atoms with Gasteiger partial charge in [0.2, 0.25) is 5.78 Å². The maximum Gasteiger partial charge on any atom is 0.255 e. The van der Waals surface area contributed by atoms with Gasteiger partial charge in [-0.15, -0.1) is 0 Å². The molecule has 2 aromatic carbocycles. The number of phenols is 1. The van der Waals surface area contributed by atoms with E-state index in [2.05, 4.69) is 0 Å². The van der Waals surface area contributed by atoms with Crippen molar-refractivity contribution in [1.29, 1.82) is 0 Å². The van der Waals surface area contributed by atoms with Crippen molar-refractivity contribution in [1.82, 2.24) is 4.90 Å². The van der Waals surface area contributed by atoms with Crippen molar-refractivity contribution in [3.05, 3.63) is 75.3 Å². The van der Waals surface area contributed by atoms with Crippen LogP contribution in [0.1, 0.15) is 33.5 Å². The van der Waals surface area contributed by atoms with E-state index in [1.165, 1.54) is 11.0 Å². The number of benzene rings is 2. The topological polar surface area (TPSA) is 161 Å². The van der Waals surface area contributed by atoms with E-state index in [1.54, 1.807) is 20.2 Å². The number of allylic oxidation sites excluding steroid dienone is 1. The fourth-order valence-corrected chi connectivity index (χ4v) is 6.65. The lowest BCUT2D eigenvalue weighted by Crippen LogP contribution is -2.63. The molecule has 6 N–H and O–H groups in total. The van der Waals surface area contributed by atoms with Crippen molar-refractivity contribution in [2.45, 2.75) is 38.3 Å². The minimum absolute atomic E-state index is 0.00226. The third-order valence-electron chi connectivity index (χ3n) is 8.14. The predicted molar refractivity (Wildman–Crippen MR) is 139 cm³/mol. The number of aryl methyl sites for hydroxylation is 2. The smallest absolute Gasteiger partial charge is 0.255 e. The first-order valence-electron chi connectivity index (χ1n) is 12.4. The monoisotopic (exact) mass is 518 g/mol. The summed E-state index contributed by atoms with van der Waals surface area (Å²) in [6.07, 6.45) is 0.291. The number of aliphatic hydroxyl groups is 3. The highest BCUT2D eigenvalue weighted by Gasteiger charge is 2.63. The molecule has 0 aromatic heterocycles. The third kappa shape index (κ3) is 3.42. The van der Waals surface area contributed by atoms with Crippen LogP contribution in [0, 0.1) is 25.7 Å². The summed E-state index contributed by atoms with van der Waals surface area (Å²) in [5.74, 6) is -6.60. The molecule has 4 atom stereocenters. The van der Waals surface area contributed by atoms with Gasteiger partial charge in [0.15, 0.2) is 11.4 Å². The van der Waals surface area contributed by atoms with E-state index < -0.39 is 58.0 Å². The van der Waals surface area contributed by atoms with Crippen LogP contribution in [-0.2, 0) is 16.0 Å². The SMILES string of the molecule is Cc1cc(C)cc(-c2ccc(O)c3c2CC2CC4C(N(C)C)C(O)=C(C(N)=O)C(=O)C4(O)C(O)=C2C3=O)c1. The van der Waals surface area contributed by atoms with Gasteiger partial charge in [0.25, 0.3) is 5.91 Å². The fourth-order valence-electron chi connectivity index (χ4n) is 6.65. The first-order valence-corrected chi connectivity index (χ1v) is 12.4. The van der Waals surface area contributed by atoms with Crippen LogP contribution in [0.25, 0.3) is 11.1 Å². The molecule has 1 amide bonds. The van der Waals surface area contributed by atoms with Gasteiger partial charge in [0, 0.05) is 11.5 Å². The van der Waals surface area contributed by atoms with Crippen LogP contribution in [0.3, 0.4) is 0 Å². The quantitative estimate of drug-likeness (QED) is 0.387. The second kappa shape index (κ2) is 8.54. The van der Waals surface area contributed by atoms with Crippen molar-refractivity contribution in [3.63, 3.8) is 0 Å². The number of hydrogen-bond acceptors (Lipinski definition) is 8. The molecule has 9 heteroatoms. The van der Waals surface area contributed by atoms with Crippen molar-refractivity contribution in [2.75, 3.05) is 14.1 Å². The molecule has 0 aliphatic heterocycles. The Morgan fingerprint density at radius 2 is 1.68 bits per heavy atom. The Bertz CT molecular complexity index is 1480. The normalized spacial score (nSPS) is 26.8. The Morgan fingerprint density at radius 3 is 2.26 bits per heavy atom. The molecule has 0 saturated carbocycles. The molecule has 3 aliphatic rings. The van der Waals surface area contributed by atoms with Gasteiger partial charge < -0.3 is 26.2 Å². The van der Waals surface area contributed by atoms with Gasteiger partial charge in [-0.25, -0.2) is 0 Å². The van der Waals surface area contributed by atoms with Crippen LogP contribution in [0.4, 0.5) is 0 Å². The second-order valence-corrected chi connectivity index (χ2v) is 10.8. The number of ketones is 2. The predicted octanol–water partition coefficient (Wildman–Crippen LogP) is 2.40. The molecule has 2 aromatic rings. The summed E-state index contributed by atoms with van der Waals surface area (Å²) in [4.78, 5) is 40.9. The molecule has 0 radical (unpaired) electrons. The maximum atomic E-state index is 13.9. The Balaban J connectivity index is 1.73. The van der Waals surface area contributed by atoms with Gasteiger partial charge in [-0.2, -0.15) is 0 Å². The summed E-state index contributed by atoms with van der Waals surface area (Å²) in [6, 6.07) is 8.16. The minimum atomic E-state index is -2.65. The molecule has 0 saturated heterocycles. The second-order valence-electron chi connectivity index (χ2n) is 10.8. The summed E-state index contributed by atoms with van der Waals surface area (Å²) < 4.78 is 0. The number of rotatable bonds is 3. The molecule has 0 fully saturated rings. The van der Waals surface area contributed by atoms with Gasteiger partial charge in [0.05, 0.1) is 11.6 Å². The highest BCUT2D eigenvalue weighted by atomic mass is 16.3. The zero-order valence-corrected chi connectivity index (χ0v) is 21.6. The van der Waals surface area contributed by atoms with Crippen molar-refractivity contribution < 1.29 is 34.8 Å². The Hall–Kier alpha value is -3.95. The third-order valence-corrected chi connectivity index (χ3v) is 8.14. The number of likely N-dealkylation sites (N-methyl/N-ethyl adjacent to an activating group) is 1. The highest BCUT2D eigenvalue weighted by molar-refractivity contribution is 6.24. The number of aromatic hydroxyl groups is 1. The van der Waals surface area contributed by atoms with Crippen molar-refractivity contribution >= 4 is 17.5 Å². The Labute approximate surface area is 219 Å². The molecule has 9 nitrogen and oxygen atoms in total. The van der Waals surface area contributed by atoms with Crippen LogP contribution < -0.4 is 5.73 Å². The van der Waals surface area contributed by atoms with Crippen LogP contribution in [0.2, 0.25) is 0 Å². The zero-order valence-electron chi connectivity index (χ0n) is 21.6. The molecule has 3 aliphatic carbocycles. The Morgan fingerprint density at radius 1 is 1.05 bits per heavy atom. The van der Waals surface area contributed by atoms with E-state index in [1.807, 2.05) is 32.0 Å². The molecular weight excluding hydrogens is 488 g/mol. The molecular formula is C29H30N2O7. The van der Waals surface area contributed by atoms with Crippen LogP contribution in [-0.4, -0.2) is 68.5 Å². The van der Waals surface area contributed by atoms with Gasteiger partial charge in [-0.1, -0.05) is 35.4 Å². The van der Waals surface area contributed by atoms with Crippen LogP contribution in [0.5, 0.6) is 5.75 Å². The standard InChI is InChI=1S/C29H30N2O7/c1-12-7-13(2)9-14(8-12)16-5-6-19(32)21-17(16)10-15-11-18-23(31(3)4)25(34)22(28(30)37)27(36)29(18,38)26(35)20(15)24(21)33/h5-9,15,18,23,32,34-35,38H,10-11H2,1-4H3,(H2,30,37). The maximum absolute atomic E-state index is 13.9. The molecule has 5 rings (SSSR count). The largest absolute Gasteiger partial charge is 0.510 e. The van der Waals surface area contributed by atoms with Crippen LogP contribution >= 0.6 is 0 Å². The first-order chi connectivity index (χ1) is 17.8. The van der Waals surface area contributed by atoms with Gasteiger partial charge in [-0.05, 0) is 69.5 Å². The van der Waals surface area contributed by atoms with Gasteiger partial charge in [-0.3, -0.25) is 19.3 Å². The van der Waals surface area contributed by atoms with E-state index in [4.69, 9.17) is 5.73 Å². The summed E-state index contributed by atoms with van der Waals surface area (Å²) in [7, 11) is 3.20. The Kier molecular flexibility index (Phi) is 5.77. The number of carbonyl (C=O) groups excluding carboxylic acids is 3. The number of aliphatic hydroxyl groups excluding tert-OH is 2. The van der Waals surface area contributed by atoms with Gasteiger partial charge in [0.1, 0.15) is 22.8 Å². The lowest BCUT2D eigenvalue weighted by molar-refractivity contribution is -0.148. The lowest BCUT2D eigenvalue weighted by Gasteiger charge is -2.50. The number of nitrogens with zero attached hydrogens (tertiary/aromatic N) is 1. The fraction of sp³-hybridized carbons (Fsp3) is 0.345. The molecule has 0 heterocycles. The molecule has 4 unspecified atom stereocenters. The number of hydrogen-bond donors (Lipinski definition) is 5. The number of Topliss-reactive ketones (excluding diaryl/α,β-unsaturated/α-hetero) is 2. The molecule has 0 bridgehead atoms. The first kappa shape index (κ1) is 25.7. The van der Waals surface area contributed by atoms with E-state index in [0.717, 1.165) is 22.3 Å². The molecule has 198 valence electrons. The highest BCUT2D eigenvalue weighted by Crippen LogP contribution is 2.53. The average molecular weight is 519 g/mol. The van der Waals surface area contributed by atoms with Crippen molar-refractivity contribution in [2.24, 2.45) is 17.6 Å². The number of nitrogens with two attached hydrogens (primary N) is 1. The summed E-state index contributed by atoms with van der Waals surface area (Å²) in [5.41, 5.74) is 6.05. The zero-order chi connectivity index (χ0) is 27.8. The minimum Gasteiger partial charge on any atom is -0.510 e. The van der Waals surface area contributed by atoms with E-state index in [-0.39, 0.29) is 29.7 Å². The lowest BCUT2D eigenvalue weighted by atomic mass is 9.58. The number of carbonyl (C=O) groups is 3. The summed E-state index contributed by atoms with van der Waals surface area (Å²) >= 11 is 0. The molecule has 0 spiro atoms. The number of fused-ring (bicyclic) bond motifs is 3. The average Bonchev–Trinajstić information content (AvgIpc) is 2.80. The number of primary amides is 1. The molecule has 38 heavy (non-hydrogen) atoms. The summed E-state index contributed by atoms with van der Waals surface area (Å²) in [5, 5.41) is 44.7.